The van der Waals surface area contributed by atoms with Gasteiger partial charge in [0, 0.05) is 23.9 Å². The van der Waals surface area contributed by atoms with Gasteiger partial charge in [0.15, 0.2) is 5.82 Å². The Bertz CT molecular complexity index is 1050. The second-order valence-electron chi connectivity index (χ2n) is 7.89. The lowest BCUT2D eigenvalue weighted by atomic mass is 9.83. The molecule has 2 aromatic heterocycles. The Labute approximate surface area is 173 Å². The first-order chi connectivity index (χ1) is 14.0. The molecule has 1 N–H and O–H groups in total. The second kappa shape index (κ2) is 7.93. The zero-order valence-corrected chi connectivity index (χ0v) is 17.2. The molecule has 0 aliphatic carbocycles. The summed E-state index contributed by atoms with van der Waals surface area (Å²) in [5.74, 6) is 0.254. The van der Waals surface area contributed by atoms with Crippen LogP contribution in [0.15, 0.2) is 48.7 Å². The highest BCUT2D eigenvalue weighted by Crippen LogP contribution is 2.32. The first-order valence-electron chi connectivity index (χ1n) is 9.43. The minimum atomic E-state index is -4.41. The van der Waals surface area contributed by atoms with Crippen LogP contribution in [0.5, 0.6) is 0 Å². The number of aryl methyl sites for hydroxylation is 2. The van der Waals surface area contributed by atoms with Crippen molar-refractivity contribution in [1.29, 1.82) is 0 Å². The molecule has 3 rings (SSSR count). The molecule has 0 unspecified atom stereocenters. The monoisotopic (exact) mass is 416 g/mol. The number of halogens is 3. The van der Waals surface area contributed by atoms with E-state index in [2.05, 4.69) is 15.4 Å². The number of aromatic nitrogens is 3. The van der Waals surface area contributed by atoms with Crippen LogP contribution >= 0.6 is 0 Å². The Morgan fingerprint density at radius 2 is 1.77 bits per heavy atom. The molecule has 0 saturated heterocycles. The molecule has 5 nitrogen and oxygen atoms in total. The Kier molecular flexibility index (Phi) is 5.70. The Balaban J connectivity index is 1.70. The SMILES string of the molecule is Cc1cc(C)n(-c2ccc(C(=O)NCC(C)(C)c3cccc(C(F)(F)F)c3)cn2)n1. The molecule has 0 radical (unpaired) electrons. The van der Waals surface area contributed by atoms with Gasteiger partial charge < -0.3 is 5.32 Å². The summed E-state index contributed by atoms with van der Waals surface area (Å²) in [4.78, 5) is 16.8. The van der Waals surface area contributed by atoms with Crippen LogP contribution in [0.3, 0.4) is 0 Å². The number of hydrogen-bond acceptors (Lipinski definition) is 3. The van der Waals surface area contributed by atoms with Gasteiger partial charge >= 0.3 is 6.18 Å². The zero-order chi connectivity index (χ0) is 22.1. The van der Waals surface area contributed by atoms with Crippen molar-refractivity contribution in [3.63, 3.8) is 0 Å². The molecule has 0 spiro atoms. The minimum Gasteiger partial charge on any atom is -0.351 e. The van der Waals surface area contributed by atoms with E-state index in [9.17, 15) is 18.0 Å². The van der Waals surface area contributed by atoms with Crippen molar-refractivity contribution in [3.8, 4) is 5.82 Å². The molecule has 3 aromatic rings. The molecule has 1 aromatic carbocycles. The summed E-state index contributed by atoms with van der Waals surface area (Å²) in [7, 11) is 0. The Morgan fingerprint density at radius 1 is 1.07 bits per heavy atom. The standard InChI is InChI=1S/C22H23F3N4O/c1-14-10-15(2)29(28-14)19-9-8-16(12-26-19)20(30)27-13-21(3,4)17-6-5-7-18(11-17)22(23,24)25/h5-12H,13H2,1-4H3,(H,27,30). The van der Waals surface area contributed by atoms with Gasteiger partial charge in [-0.25, -0.2) is 9.67 Å². The molecule has 158 valence electrons. The van der Waals surface area contributed by atoms with Crippen LogP contribution in [0.4, 0.5) is 13.2 Å². The fourth-order valence-electron chi connectivity index (χ4n) is 3.13. The van der Waals surface area contributed by atoms with E-state index >= 15 is 0 Å². The number of nitrogens with one attached hydrogen (secondary N) is 1. The van der Waals surface area contributed by atoms with Crippen molar-refractivity contribution >= 4 is 5.91 Å². The molecular formula is C22H23F3N4O. The van der Waals surface area contributed by atoms with Crippen molar-refractivity contribution < 1.29 is 18.0 Å². The number of alkyl halides is 3. The molecule has 0 atom stereocenters. The third-order valence-electron chi connectivity index (χ3n) is 4.90. The van der Waals surface area contributed by atoms with Crippen molar-refractivity contribution in [1.82, 2.24) is 20.1 Å². The molecule has 30 heavy (non-hydrogen) atoms. The van der Waals surface area contributed by atoms with E-state index in [4.69, 9.17) is 0 Å². The van der Waals surface area contributed by atoms with Gasteiger partial charge in [0.25, 0.3) is 5.91 Å². The van der Waals surface area contributed by atoms with Crippen LogP contribution in [0.2, 0.25) is 0 Å². The summed E-state index contributed by atoms with van der Waals surface area (Å²) in [6, 6.07) is 10.4. The van der Waals surface area contributed by atoms with Gasteiger partial charge in [0.2, 0.25) is 0 Å². The maximum Gasteiger partial charge on any atom is 0.416 e. The molecule has 2 heterocycles. The summed E-state index contributed by atoms with van der Waals surface area (Å²) in [6.07, 6.45) is -2.95. The lowest BCUT2D eigenvalue weighted by molar-refractivity contribution is -0.137. The first-order valence-corrected chi connectivity index (χ1v) is 9.43. The number of nitrogens with zero attached hydrogens (tertiary/aromatic N) is 3. The highest BCUT2D eigenvalue weighted by Gasteiger charge is 2.32. The largest absolute Gasteiger partial charge is 0.416 e. The van der Waals surface area contributed by atoms with E-state index in [0.29, 0.717) is 16.9 Å². The van der Waals surface area contributed by atoms with Crippen molar-refractivity contribution in [2.45, 2.75) is 39.3 Å². The van der Waals surface area contributed by atoms with Crippen molar-refractivity contribution in [2.75, 3.05) is 6.54 Å². The van der Waals surface area contributed by atoms with Crippen LogP contribution < -0.4 is 5.32 Å². The van der Waals surface area contributed by atoms with Gasteiger partial charge in [-0.05, 0) is 43.7 Å². The number of hydrogen-bond donors (Lipinski definition) is 1. The maximum absolute atomic E-state index is 13.0. The first kappa shape index (κ1) is 21.5. The number of benzene rings is 1. The van der Waals surface area contributed by atoms with Gasteiger partial charge in [-0.15, -0.1) is 0 Å². The van der Waals surface area contributed by atoms with Gasteiger partial charge in [-0.3, -0.25) is 4.79 Å². The molecule has 8 heteroatoms. The average molecular weight is 416 g/mol. The molecule has 1 amide bonds. The molecule has 0 bridgehead atoms. The van der Waals surface area contributed by atoms with Crippen LogP contribution in [-0.4, -0.2) is 27.2 Å². The van der Waals surface area contributed by atoms with Crippen molar-refractivity contribution in [3.05, 3.63) is 76.7 Å². The maximum atomic E-state index is 13.0. The molecule has 0 saturated carbocycles. The molecule has 0 aliphatic rings. The van der Waals surface area contributed by atoms with Crippen molar-refractivity contribution in [2.24, 2.45) is 0 Å². The smallest absolute Gasteiger partial charge is 0.351 e. The van der Waals surface area contributed by atoms with Crippen LogP contribution in [0.1, 0.15) is 46.7 Å². The van der Waals surface area contributed by atoms with E-state index in [1.807, 2.05) is 19.9 Å². The van der Waals surface area contributed by atoms with E-state index < -0.39 is 17.2 Å². The fourth-order valence-corrected chi connectivity index (χ4v) is 3.13. The number of rotatable bonds is 5. The number of carbonyl (C=O) groups excluding carboxylic acids is 1. The summed E-state index contributed by atoms with van der Waals surface area (Å²) in [6.45, 7) is 7.54. The summed E-state index contributed by atoms with van der Waals surface area (Å²) in [5, 5.41) is 7.14. The Morgan fingerprint density at radius 3 is 2.33 bits per heavy atom. The van der Waals surface area contributed by atoms with Crippen LogP contribution in [0.25, 0.3) is 5.82 Å². The molecule has 0 fully saturated rings. The normalized spacial score (nSPS) is 12.1. The summed E-state index contributed by atoms with van der Waals surface area (Å²) >= 11 is 0. The van der Waals surface area contributed by atoms with Crippen LogP contribution in [-0.2, 0) is 11.6 Å². The minimum absolute atomic E-state index is 0.173. The van der Waals surface area contributed by atoms with E-state index in [1.165, 1.54) is 12.3 Å². The van der Waals surface area contributed by atoms with E-state index in [0.717, 1.165) is 23.5 Å². The predicted octanol–water partition coefficient (Wildman–Crippen LogP) is 4.61. The topological polar surface area (TPSA) is 59.8 Å². The number of carbonyl (C=O) groups is 1. The van der Waals surface area contributed by atoms with E-state index in [-0.39, 0.29) is 12.5 Å². The summed E-state index contributed by atoms with van der Waals surface area (Å²) < 4.78 is 40.7. The van der Waals surface area contributed by atoms with Gasteiger partial charge in [0.05, 0.1) is 16.8 Å². The number of pyridine rings is 1. The number of amides is 1. The van der Waals surface area contributed by atoms with Gasteiger partial charge in [-0.1, -0.05) is 32.0 Å². The van der Waals surface area contributed by atoms with Gasteiger partial charge in [0.1, 0.15) is 0 Å². The predicted molar refractivity (Wildman–Crippen MR) is 108 cm³/mol. The highest BCUT2D eigenvalue weighted by molar-refractivity contribution is 5.94. The van der Waals surface area contributed by atoms with Crippen LogP contribution in [0, 0.1) is 13.8 Å². The average Bonchev–Trinajstić information content (AvgIpc) is 3.04. The third kappa shape index (κ3) is 4.69. The highest BCUT2D eigenvalue weighted by atomic mass is 19.4. The molecular weight excluding hydrogens is 393 g/mol. The fraction of sp³-hybridized carbons (Fsp3) is 0.318. The lowest BCUT2D eigenvalue weighted by Crippen LogP contribution is -2.36. The zero-order valence-electron chi connectivity index (χ0n) is 17.2. The quantitative estimate of drug-likeness (QED) is 0.661. The van der Waals surface area contributed by atoms with E-state index in [1.54, 1.807) is 36.7 Å². The van der Waals surface area contributed by atoms with Gasteiger partial charge in [-0.2, -0.15) is 18.3 Å². The lowest BCUT2D eigenvalue weighted by Gasteiger charge is -2.26. The Hall–Kier alpha value is -3.16. The second-order valence-corrected chi connectivity index (χ2v) is 7.89. The molecule has 0 aliphatic heterocycles. The third-order valence-corrected chi connectivity index (χ3v) is 4.90. The summed E-state index contributed by atoms with van der Waals surface area (Å²) in [5.41, 5.74) is 1.26.